The Morgan fingerprint density at radius 3 is 2.80 bits per heavy atom. The van der Waals surface area contributed by atoms with Gasteiger partial charge in [-0.1, -0.05) is 12.1 Å². The summed E-state index contributed by atoms with van der Waals surface area (Å²) < 4.78 is 5.73. The summed E-state index contributed by atoms with van der Waals surface area (Å²) in [5, 5.41) is 3.58. The summed E-state index contributed by atoms with van der Waals surface area (Å²) in [6, 6.07) is 12.2. The zero-order valence-corrected chi connectivity index (χ0v) is 14.3. The highest BCUT2D eigenvalue weighted by atomic mass is 16.3. The third-order valence-electron chi connectivity index (χ3n) is 5.08. The largest absolute Gasteiger partial charge is 0.467 e. The third-order valence-corrected chi connectivity index (χ3v) is 5.08. The molecule has 6 nitrogen and oxygen atoms in total. The summed E-state index contributed by atoms with van der Waals surface area (Å²) in [6.07, 6.45) is 3.99. The first-order chi connectivity index (χ1) is 12.3. The second-order valence-corrected chi connectivity index (χ2v) is 6.71. The Hall–Kier alpha value is -2.31. The topological polar surface area (TPSA) is 83.1 Å². The van der Waals surface area contributed by atoms with Crippen LogP contribution in [0.5, 0.6) is 0 Å². The molecule has 0 bridgehead atoms. The van der Waals surface area contributed by atoms with Crippen LogP contribution in [0.3, 0.4) is 0 Å². The molecule has 3 aromatic rings. The van der Waals surface area contributed by atoms with Crippen molar-refractivity contribution < 1.29 is 4.42 Å². The van der Waals surface area contributed by atoms with Crippen LogP contribution in [0.2, 0.25) is 0 Å². The van der Waals surface area contributed by atoms with Crippen molar-refractivity contribution in [2.75, 3.05) is 31.5 Å². The van der Waals surface area contributed by atoms with Gasteiger partial charge in [-0.2, -0.15) is 0 Å². The van der Waals surface area contributed by atoms with Gasteiger partial charge in [0.05, 0.1) is 23.3 Å². The molecule has 0 saturated carbocycles. The van der Waals surface area contributed by atoms with Gasteiger partial charge in [0.1, 0.15) is 5.76 Å². The van der Waals surface area contributed by atoms with Crippen LogP contribution < -0.4 is 11.1 Å². The average Bonchev–Trinajstić information content (AvgIpc) is 3.30. The normalized spacial score (nSPS) is 17.8. The maximum Gasteiger partial charge on any atom is 0.201 e. The Balaban J connectivity index is 1.53. The molecule has 1 aromatic carbocycles. The number of rotatable bonds is 6. The van der Waals surface area contributed by atoms with Crippen LogP contribution in [0, 0.1) is 5.92 Å². The van der Waals surface area contributed by atoms with E-state index in [1.807, 2.05) is 36.4 Å². The number of para-hydroxylation sites is 2. The lowest BCUT2D eigenvalue weighted by Crippen LogP contribution is -2.39. The number of H-pyrrole nitrogens is 1. The van der Waals surface area contributed by atoms with Crippen molar-refractivity contribution in [3.8, 4) is 0 Å². The highest BCUT2D eigenvalue weighted by molar-refractivity contribution is 5.77. The molecule has 4 rings (SSSR count). The number of hydrogen-bond donors (Lipinski definition) is 3. The van der Waals surface area contributed by atoms with Gasteiger partial charge in [-0.25, -0.2) is 4.98 Å². The Kier molecular flexibility index (Phi) is 4.72. The second kappa shape index (κ2) is 7.29. The molecule has 1 aliphatic rings. The highest BCUT2D eigenvalue weighted by Crippen LogP contribution is 2.33. The lowest BCUT2D eigenvalue weighted by atomic mass is 9.88. The fourth-order valence-corrected chi connectivity index (χ4v) is 3.75. The van der Waals surface area contributed by atoms with E-state index in [4.69, 9.17) is 10.2 Å². The zero-order valence-electron chi connectivity index (χ0n) is 14.3. The number of nitrogens with one attached hydrogen (secondary N) is 2. The molecule has 0 aliphatic carbocycles. The van der Waals surface area contributed by atoms with Crippen molar-refractivity contribution in [1.82, 2.24) is 14.9 Å². The summed E-state index contributed by atoms with van der Waals surface area (Å²) >= 11 is 0. The van der Waals surface area contributed by atoms with Crippen molar-refractivity contribution in [1.29, 1.82) is 0 Å². The van der Waals surface area contributed by atoms with Crippen molar-refractivity contribution in [2.24, 2.45) is 11.7 Å². The monoisotopic (exact) mass is 339 g/mol. The number of imidazole rings is 1. The number of nitrogens with zero attached hydrogens (tertiary/aromatic N) is 2. The van der Waals surface area contributed by atoms with Gasteiger partial charge in [0, 0.05) is 13.1 Å². The molecule has 25 heavy (non-hydrogen) atoms. The first-order valence-corrected chi connectivity index (χ1v) is 9.00. The van der Waals surface area contributed by atoms with Crippen molar-refractivity contribution in [2.45, 2.75) is 18.9 Å². The number of aromatic nitrogens is 2. The molecule has 1 fully saturated rings. The molecule has 132 valence electrons. The number of hydrogen-bond acceptors (Lipinski definition) is 5. The fraction of sp³-hybridized carbons (Fsp3) is 0.421. The second-order valence-electron chi connectivity index (χ2n) is 6.71. The van der Waals surface area contributed by atoms with Gasteiger partial charge < -0.3 is 25.4 Å². The Morgan fingerprint density at radius 2 is 2.08 bits per heavy atom. The average molecular weight is 339 g/mol. The van der Waals surface area contributed by atoms with Crippen LogP contribution >= 0.6 is 0 Å². The van der Waals surface area contributed by atoms with E-state index in [1.54, 1.807) is 6.26 Å². The Morgan fingerprint density at radius 1 is 1.24 bits per heavy atom. The number of furan rings is 1. The standard InChI is InChI=1S/C19H25N5O/c20-9-12-24-10-7-14(8-11-24)18(17-6-3-13-25-17)23-19-21-15-4-1-2-5-16(15)22-19/h1-6,13-14,18H,7-12,20H2,(H2,21,22,23). The van der Waals surface area contributed by atoms with Crippen LogP contribution in [-0.2, 0) is 0 Å². The zero-order chi connectivity index (χ0) is 17.1. The minimum absolute atomic E-state index is 0.121. The number of nitrogens with two attached hydrogens (primary N) is 1. The lowest BCUT2D eigenvalue weighted by molar-refractivity contribution is 0.171. The van der Waals surface area contributed by atoms with E-state index in [9.17, 15) is 0 Å². The van der Waals surface area contributed by atoms with E-state index >= 15 is 0 Å². The first kappa shape index (κ1) is 16.2. The molecule has 1 atom stereocenters. The van der Waals surface area contributed by atoms with Crippen molar-refractivity contribution in [3.05, 3.63) is 48.4 Å². The predicted octanol–water partition coefficient (Wildman–Crippen LogP) is 2.98. The number of aromatic amines is 1. The first-order valence-electron chi connectivity index (χ1n) is 9.00. The van der Waals surface area contributed by atoms with Gasteiger partial charge in [0.15, 0.2) is 0 Å². The van der Waals surface area contributed by atoms with Gasteiger partial charge >= 0.3 is 0 Å². The maximum absolute atomic E-state index is 5.73. The molecule has 1 unspecified atom stereocenters. The van der Waals surface area contributed by atoms with E-state index in [0.717, 1.165) is 61.8 Å². The van der Waals surface area contributed by atoms with Gasteiger partial charge in [-0.3, -0.25) is 0 Å². The molecule has 3 heterocycles. The van der Waals surface area contributed by atoms with Crippen LogP contribution in [0.4, 0.5) is 5.95 Å². The summed E-state index contributed by atoms with van der Waals surface area (Å²) in [5.41, 5.74) is 7.70. The minimum Gasteiger partial charge on any atom is -0.467 e. The van der Waals surface area contributed by atoms with Crippen molar-refractivity contribution in [3.63, 3.8) is 0 Å². The molecule has 4 N–H and O–H groups in total. The number of benzene rings is 1. The van der Waals surface area contributed by atoms with Gasteiger partial charge in [0.2, 0.25) is 5.95 Å². The number of fused-ring (bicyclic) bond motifs is 1. The predicted molar refractivity (Wildman–Crippen MR) is 99.4 cm³/mol. The summed E-state index contributed by atoms with van der Waals surface area (Å²) in [5.74, 6) is 2.28. The lowest BCUT2D eigenvalue weighted by Gasteiger charge is -2.35. The van der Waals surface area contributed by atoms with Gasteiger partial charge in [-0.15, -0.1) is 0 Å². The smallest absolute Gasteiger partial charge is 0.201 e. The third kappa shape index (κ3) is 3.55. The molecule has 1 aliphatic heterocycles. The van der Waals surface area contributed by atoms with Crippen LogP contribution in [-0.4, -0.2) is 41.0 Å². The SMILES string of the molecule is NCCN1CCC(C(Nc2nc3ccccc3[nH]2)c2ccco2)CC1. The van der Waals surface area contributed by atoms with E-state index in [0.29, 0.717) is 5.92 Å². The highest BCUT2D eigenvalue weighted by Gasteiger charge is 2.29. The Labute approximate surface area is 147 Å². The van der Waals surface area contributed by atoms with Crippen molar-refractivity contribution >= 4 is 17.0 Å². The number of anilines is 1. The van der Waals surface area contributed by atoms with Crippen LogP contribution in [0.15, 0.2) is 47.1 Å². The molecule has 0 spiro atoms. The molecule has 0 amide bonds. The van der Waals surface area contributed by atoms with E-state index in [2.05, 4.69) is 20.2 Å². The van der Waals surface area contributed by atoms with Crippen LogP contribution in [0.1, 0.15) is 24.6 Å². The van der Waals surface area contributed by atoms with Gasteiger partial charge in [-0.05, 0) is 56.1 Å². The molecular formula is C19H25N5O. The maximum atomic E-state index is 5.73. The Bertz CT molecular complexity index is 756. The molecule has 2 aromatic heterocycles. The molecule has 0 radical (unpaired) electrons. The van der Waals surface area contributed by atoms with Gasteiger partial charge in [0.25, 0.3) is 0 Å². The van der Waals surface area contributed by atoms with E-state index in [1.165, 1.54) is 0 Å². The number of likely N-dealkylation sites (tertiary alicyclic amines) is 1. The summed E-state index contributed by atoms with van der Waals surface area (Å²) in [6.45, 7) is 3.88. The molecule has 6 heteroatoms. The van der Waals surface area contributed by atoms with E-state index < -0.39 is 0 Å². The van der Waals surface area contributed by atoms with Crippen LogP contribution in [0.25, 0.3) is 11.0 Å². The summed E-state index contributed by atoms with van der Waals surface area (Å²) in [4.78, 5) is 10.5. The van der Waals surface area contributed by atoms with E-state index in [-0.39, 0.29) is 6.04 Å². The molecule has 1 saturated heterocycles. The quantitative estimate of drug-likeness (QED) is 0.643. The molecular weight excluding hydrogens is 314 g/mol. The summed E-state index contributed by atoms with van der Waals surface area (Å²) in [7, 11) is 0. The number of piperidine rings is 1. The fourth-order valence-electron chi connectivity index (χ4n) is 3.75. The minimum atomic E-state index is 0.121.